The molecule has 1 amide bonds. The number of aromatic nitrogens is 3. The molecule has 2 aromatic heterocycles. The minimum absolute atomic E-state index is 0.0466. The molecule has 49 heavy (non-hydrogen) atoms. The van der Waals surface area contributed by atoms with Gasteiger partial charge in [-0.3, -0.25) is 9.78 Å². The fourth-order valence-corrected chi connectivity index (χ4v) is 7.34. The Labute approximate surface area is 284 Å². The van der Waals surface area contributed by atoms with Crippen molar-refractivity contribution in [1.29, 1.82) is 0 Å². The molecule has 2 N–H and O–H groups in total. The SMILES string of the molecule is CCCc1ccc(CNC(=O)[C@H]2CN(c3cnc4cnccc4n3)CCN2S(=O)(=O)c2ccc(-c3cccc(OCC(=O)O)c3)cc2)cc1. The first kappa shape index (κ1) is 33.5. The van der Waals surface area contributed by atoms with Crippen molar-refractivity contribution < 1.29 is 27.9 Å². The Morgan fingerprint density at radius 2 is 1.71 bits per heavy atom. The lowest BCUT2D eigenvalue weighted by atomic mass is 10.1. The number of piperazine rings is 1. The van der Waals surface area contributed by atoms with Gasteiger partial charge in [0.15, 0.2) is 6.61 Å². The van der Waals surface area contributed by atoms with Gasteiger partial charge in [0.25, 0.3) is 0 Å². The lowest BCUT2D eigenvalue weighted by Crippen LogP contribution is -2.60. The molecule has 1 saturated heterocycles. The van der Waals surface area contributed by atoms with E-state index in [0.29, 0.717) is 34.7 Å². The number of nitrogens with one attached hydrogen (secondary N) is 1. The Morgan fingerprint density at radius 1 is 0.939 bits per heavy atom. The van der Waals surface area contributed by atoms with Crippen molar-refractivity contribution in [1.82, 2.24) is 24.6 Å². The number of amides is 1. The molecular weight excluding hydrogens is 644 g/mol. The van der Waals surface area contributed by atoms with Gasteiger partial charge in [-0.05, 0) is 59.0 Å². The molecule has 1 aliphatic heterocycles. The van der Waals surface area contributed by atoms with Crippen molar-refractivity contribution in [3.05, 3.63) is 109 Å². The molecule has 13 heteroatoms. The summed E-state index contributed by atoms with van der Waals surface area (Å²) in [5.74, 6) is -0.581. The van der Waals surface area contributed by atoms with E-state index in [0.717, 1.165) is 24.0 Å². The number of benzene rings is 3. The number of ether oxygens (including phenoxy) is 1. The molecule has 0 bridgehead atoms. The van der Waals surface area contributed by atoms with Gasteiger partial charge in [-0.25, -0.2) is 23.2 Å². The Hall–Kier alpha value is -5.40. The van der Waals surface area contributed by atoms with E-state index < -0.39 is 34.5 Å². The number of fused-ring (bicyclic) bond motifs is 1. The number of carbonyl (C=O) groups excluding carboxylic acids is 1. The maximum absolute atomic E-state index is 14.2. The van der Waals surface area contributed by atoms with Crippen LogP contribution in [0.3, 0.4) is 0 Å². The number of pyridine rings is 1. The standard InChI is InChI=1S/C36H36N6O6S/c1-2-4-25-7-9-26(10-8-25)20-39-36(45)33-23-41(34-22-38-32-21-37-16-15-31(32)40-34)17-18-42(33)49(46,47)30-13-11-27(12-14-30)28-5-3-6-29(19-28)48-24-35(43)44/h3,5-16,19,21-22,33H,2,4,17-18,20,23-24H2,1H3,(H,39,45)(H,43,44)/t33-/m1/s1. The molecule has 0 radical (unpaired) electrons. The molecule has 1 atom stereocenters. The van der Waals surface area contributed by atoms with Gasteiger partial charge in [0.05, 0.1) is 22.8 Å². The molecular formula is C36H36N6O6S. The quantitative estimate of drug-likeness (QED) is 0.195. The zero-order valence-corrected chi connectivity index (χ0v) is 27.7. The van der Waals surface area contributed by atoms with Crippen molar-refractivity contribution in [2.75, 3.05) is 31.1 Å². The fourth-order valence-electron chi connectivity index (χ4n) is 5.77. The zero-order valence-electron chi connectivity index (χ0n) is 26.9. The van der Waals surface area contributed by atoms with Crippen molar-refractivity contribution in [2.24, 2.45) is 0 Å². The molecule has 1 fully saturated rings. The number of anilines is 1. The van der Waals surface area contributed by atoms with Gasteiger partial charge in [-0.15, -0.1) is 0 Å². The van der Waals surface area contributed by atoms with Crippen LogP contribution in [0, 0.1) is 0 Å². The molecule has 5 aromatic rings. The summed E-state index contributed by atoms with van der Waals surface area (Å²) in [5, 5.41) is 11.9. The first-order chi connectivity index (χ1) is 23.7. The van der Waals surface area contributed by atoms with Crippen molar-refractivity contribution >= 4 is 38.8 Å². The third kappa shape index (κ3) is 7.85. The van der Waals surface area contributed by atoms with Gasteiger partial charge in [-0.2, -0.15) is 4.31 Å². The first-order valence-electron chi connectivity index (χ1n) is 16.0. The number of aryl methyl sites for hydroxylation is 1. The van der Waals surface area contributed by atoms with E-state index in [9.17, 15) is 18.0 Å². The molecule has 3 aromatic carbocycles. The normalized spacial score (nSPS) is 15.2. The van der Waals surface area contributed by atoms with E-state index >= 15 is 0 Å². The number of hydrogen-bond acceptors (Lipinski definition) is 9. The predicted octanol–water partition coefficient (Wildman–Crippen LogP) is 4.30. The Balaban J connectivity index is 1.24. The second kappa shape index (κ2) is 14.8. The van der Waals surface area contributed by atoms with E-state index in [2.05, 4.69) is 22.2 Å². The van der Waals surface area contributed by atoms with Crippen LogP contribution in [0.15, 0.2) is 102 Å². The third-order valence-corrected chi connectivity index (χ3v) is 10.2. The second-order valence-electron chi connectivity index (χ2n) is 11.7. The van der Waals surface area contributed by atoms with Gasteiger partial charge in [-0.1, -0.05) is 61.9 Å². The van der Waals surface area contributed by atoms with Crippen LogP contribution in [-0.4, -0.2) is 76.9 Å². The highest BCUT2D eigenvalue weighted by atomic mass is 32.2. The van der Waals surface area contributed by atoms with Crippen molar-refractivity contribution in [3.8, 4) is 16.9 Å². The average molecular weight is 681 g/mol. The first-order valence-corrected chi connectivity index (χ1v) is 17.4. The summed E-state index contributed by atoms with van der Waals surface area (Å²) in [7, 11) is -4.11. The summed E-state index contributed by atoms with van der Waals surface area (Å²) in [4.78, 5) is 39.9. The number of carboxylic acids is 1. The Morgan fingerprint density at radius 3 is 2.47 bits per heavy atom. The highest BCUT2D eigenvalue weighted by Gasteiger charge is 2.40. The van der Waals surface area contributed by atoms with Crippen LogP contribution in [0.1, 0.15) is 24.5 Å². The monoisotopic (exact) mass is 680 g/mol. The van der Waals surface area contributed by atoms with Crippen LogP contribution in [0.4, 0.5) is 5.82 Å². The molecule has 0 aliphatic carbocycles. The molecule has 0 spiro atoms. The minimum atomic E-state index is -4.11. The summed E-state index contributed by atoms with van der Waals surface area (Å²) in [6, 6.07) is 22.0. The van der Waals surface area contributed by atoms with Crippen LogP contribution < -0.4 is 15.0 Å². The van der Waals surface area contributed by atoms with Crippen LogP contribution in [0.5, 0.6) is 5.75 Å². The van der Waals surface area contributed by atoms with Crippen LogP contribution in [-0.2, 0) is 32.6 Å². The van der Waals surface area contributed by atoms with Gasteiger partial charge in [0, 0.05) is 32.4 Å². The van der Waals surface area contributed by atoms with E-state index in [1.165, 1.54) is 22.0 Å². The van der Waals surface area contributed by atoms with Crippen molar-refractivity contribution in [2.45, 2.75) is 37.2 Å². The number of carboxylic acid groups (broad SMARTS) is 1. The highest BCUT2D eigenvalue weighted by Crippen LogP contribution is 2.29. The summed E-state index contributed by atoms with van der Waals surface area (Å²) < 4.78 is 34.9. The Bertz CT molecular complexity index is 2060. The fraction of sp³-hybridized carbons (Fsp3) is 0.250. The molecule has 0 saturated carbocycles. The largest absolute Gasteiger partial charge is 0.482 e. The molecule has 0 unspecified atom stereocenters. The lowest BCUT2D eigenvalue weighted by Gasteiger charge is -2.40. The van der Waals surface area contributed by atoms with E-state index in [-0.39, 0.29) is 24.5 Å². The van der Waals surface area contributed by atoms with E-state index in [1.54, 1.807) is 55.0 Å². The summed E-state index contributed by atoms with van der Waals surface area (Å²) in [6.07, 6.45) is 6.88. The topological polar surface area (TPSA) is 155 Å². The predicted molar refractivity (Wildman–Crippen MR) is 185 cm³/mol. The third-order valence-electron chi connectivity index (χ3n) is 8.31. The Kier molecular flexibility index (Phi) is 10.1. The number of carbonyl (C=O) groups is 2. The van der Waals surface area contributed by atoms with E-state index in [4.69, 9.17) is 14.8 Å². The van der Waals surface area contributed by atoms with Crippen LogP contribution in [0.25, 0.3) is 22.2 Å². The number of hydrogen-bond donors (Lipinski definition) is 2. The summed E-state index contributed by atoms with van der Waals surface area (Å²) in [6.45, 7) is 2.33. The highest BCUT2D eigenvalue weighted by molar-refractivity contribution is 7.89. The van der Waals surface area contributed by atoms with E-state index in [1.807, 2.05) is 35.2 Å². The smallest absolute Gasteiger partial charge is 0.341 e. The van der Waals surface area contributed by atoms with Gasteiger partial charge in [0.2, 0.25) is 15.9 Å². The van der Waals surface area contributed by atoms with Crippen molar-refractivity contribution in [3.63, 3.8) is 0 Å². The van der Waals surface area contributed by atoms with Gasteiger partial charge < -0.3 is 20.1 Å². The molecule has 252 valence electrons. The molecule has 12 nitrogen and oxygen atoms in total. The minimum Gasteiger partial charge on any atom is -0.482 e. The maximum Gasteiger partial charge on any atom is 0.341 e. The number of rotatable bonds is 12. The summed E-state index contributed by atoms with van der Waals surface area (Å²) >= 11 is 0. The molecule has 3 heterocycles. The van der Waals surface area contributed by atoms with Crippen LogP contribution >= 0.6 is 0 Å². The van der Waals surface area contributed by atoms with Crippen LogP contribution in [0.2, 0.25) is 0 Å². The number of aliphatic carboxylic acids is 1. The number of nitrogens with zero attached hydrogens (tertiary/aromatic N) is 5. The van der Waals surface area contributed by atoms with Gasteiger partial charge >= 0.3 is 5.97 Å². The number of sulfonamides is 1. The lowest BCUT2D eigenvalue weighted by molar-refractivity contribution is -0.139. The van der Waals surface area contributed by atoms with Gasteiger partial charge in [0.1, 0.15) is 23.1 Å². The second-order valence-corrected chi connectivity index (χ2v) is 13.6. The zero-order chi connectivity index (χ0) is 34.4. The maximum atomic E-state index is 14.2. The summed E-state index contributed by atoms with van der Waals surface area (Å²) in [5.41, 5.74) is 4.86. The molecule has 6 rings (SSSR count). The average Bonchev–Trinajstić information content (AvgIpc) is 3.13. The molecule has 1 aliphatic rings.